The minimum absolute atomic E-state index is 0.0655. The number of amides is 1. The number of piperidine rings is 1. The van der Waals surface area contributed by atoms with Gasteiger partial charge in [-0.05, 0) is 31.6 Å². The van der Waals surface area contributed by atoms with Crippen molar-refractivity contribution < 1.29 is 4.79 Å². The van der Waals surface area contributed by atoms with Crippen molar-refractivity contribution in [3.8, 4) is 0 Å². The molecule has 2 rings (SSSR count). The predicted molar refractivity (Wildman–Crippen MR) is 79.0 cm³/mol. The maximum absolute atomic E-state index is 12.6. The Labute approximate surface area is 118 Å². The Kier molecular flexibility index (Phi) is 5.26. The summed E-state index contributed by atoms with van der Waals surface area (Å²) in [6.07, 6.45) is 8.55. The fraction of sp³-hybridized carbons (Fsp3) is 0.938. The molecular weight excluding hydrogens is 236 g/mol. The predicted octanol–water partition coefficient (Wildman–Crippen LogP) is 2.94. The molecule has 1 saturated carbocycles. The molecule has 110 valence electrons. The molecule has 2 fully saturated rings. The van der Waals surface area contributed by atoms with E-state index in [1.165, 1.54) is 32.1 Å². The third kappa shape index (κ3) is 3.71. The molecule has 0 aromatic heterocycles. The molecule has 2 aliphatic rings. The van der Waals surface area contributed by atoms with Crippen LogP contribution in [-0.4, -0.2) is 35.5 Å². The first-order valence-corrected chi connectivity index (χ1v) is 8.18. The number of rotatable bonds is 4. The van der Waals surface area contributed by atoms with Gasteiger partial charge in [0.15, 0.2) is 0 Å². The molecule has 0 radical (unpaired) electrons. The Morgan fingerprint density at radius 2 is 2.05 bits per heavy atom. The maximum Gasteiger partial charge on any atom is 0.239 e. The van der Waals surface area contributed by atoms with Crippen LogP contribution in [0.5, 0.6) is 0 Å². The van der Waals surface area contributed by atoms with Crippen LogP contribution in [0.4, 0.5) is 0 Å². The first-order valence-electron chi connectivity index (χ1n) is 8.18. The smallest absolute Gasteiger partial charge is 0.239 e. The van der Waals surface area contributed by atoms with Gasteiger partial charge in [0.2, 0.25) is 5.91 Å². The molecule has 1 aliphatic carbocycles. The van der Waals surface area contributed by atoms with Gasteiger partial charge in [-0.3, -0.25) is 4.79 Å². The largest absolute Gasteiger partial charge is 0.338 e. The first kappa shape index (κ1) is 14.8. The van der Waals surface area contributed by atoms with E-state index in [1.807, 2.05) is 0 Å². The van der Waals surface area contributed by atoms with E-state index in [0.717, 1.165) is 25.3 Å². The molecule has 1 heterocycles. The first-order chi connectivity index (χ1) is 9.11. The molecule has 1 aliphatic heterocycles. The average Bonchev–Trinajstić information content (AvgIpc) is 2.41. The van der Waals surface area contributed by atoms with E-state index in [-0.39, 0.29) is 6.04 Å². The van der Waals surface area contributed by atoms with Gasteiger partial charge >= 0.3 is 0 Å². The average molecular weight is 266 g/mol. The zero-order valence-corrected chi connectivity index (χ0v) is 12.8. The fourth-order valence-electron chi connectivity index (χ4n) is 3.74. The van der Waals surface area contributed by atoms with Crippen LogP contribution in [0.2, 0.25) is 0 Å². The summed E-state index contributed by atoms with van der Waals surface area (Å²) < 4.78 is 0. The topological polar surface area (TPSA) is 32.3 Å². The summed E-state index contributed by atoms with van der Waals surface area (Å²) >= 11 is 0. The molecule has 3 nitrogen and oxygen atoms in total. The maximum atomic E-state index is 12.6. The molecule has 1 saturated heterocycles. The number of carbonyl (C=O) groups is 1. The van der Waals surface area contributed by atoms with E-state index in [9.17, 15) is 4.79 Å². The van der Waals surface area contributed by atoms with E-state index < -0.39 is 0 Å². The summed E-state index contributed by atoms with van der Waals surface area (Å²) in [7, 11) is 0. The second-order valence-electron chi connectivity index (χ2n) is 6.64. The zero-order valence-electron chi connectivity index (χ0n) is 12.8. The van der Waals surface area contributed by atoms with Crippen molar-refractivity contribution in [1.29, 1.82) is 0 Å². The molecule has 19 heavy (non-hydrogen) atoms. The molecular formula is C16H30N2O. The van der Waals surface area contributed by atoms with Crippen LogP contribution < -0.4 is 5.32 Å². The van der Waals surface area contributed by atoms with Crippen LogP contribution in [0.3, 0.4) is 0 Å². The summed E-state index contributed by atoms with van der Waals surface area (Å²) in [6.45, 7) is 7.52. The third-order valence-electron chi connectivity index (χ3n) is 4.78. The van der Waals surface area contributed by atoms with Gasteiger partial charge in [0, 0.05) is 18.6 Å². The minimum Gasteiger partial charge on any atom is -0.338 e. The third-order valence-corrected chi connectivity index (χ3v) is 4.78. The number of hydrogen-bond donors (Lipinski definition) is 1. The second kappa shape index (κ2) is 6.74. The van der Waals surface area contributed by atoms with E-state index in [2.05, 4.69) is 31.0 Å². The van der Waals surface area contributed by atoms with Crippen LogP contribution in [0.25, 0.3) is 0 Å². The second-order valence-corrected chi connectivity index (χ2v) is 6.64. The van der Waals surface area contributed by atoms with Gasteiger partial charge in [0.05, 0.1) is 6.04 Å². The summed E-state index contributed by atoms with van der Waals surface area (Å²) in [5, 5.41) is 3.43. The van der Waals surface area contributed by atoms with Crippen molar-refractivity contribution >= 4 is 5.91 Å². The standard InChI is InChI=1S/C16H30N2O/c1-4-13-7-5-8-14(11-13)18-10-6-9-15(16(18)19)17-12(2)3/h12-15,17H,4-11H2,1-3H3. The molecule has 1 amide bonds. The van der Waals surface area contributed by atoms with Crippen molar-refractivity contribution in [2.45, 2.75) is 83.8 Å². The Morgan fingerprint density at radius 3 is 2.74 bits per heavy atom. The van der Waals surface area contributed by atoms with Gasteiger partial charge in [0.1, 0.15) is 0 Å². The van der Waals surface area contributed by atoms with Crippen molar-refractivity contribution in [2.24, 2.45) is 5.92 Å². The fourth-order valence-corrected chi connectivity index (χ4v) is 3.74. The lowest BCUT2D eigenvalue weighted by Crippen LogP contribution is -2.56. The lowest BCUT2D eigenvalue weighted by atomic mass is 9.82. The highest BCUT2D eigenvalue weighted by Crippen LogP contribution is 2.31. The number of carbonyl (C=O) groups excluding carboxylic acids is 1. The summed E-state index contributed by atoms with van der Waals surface area (Å²) in [5.74, 6) is 1.20. The van der Waals surface area contributed by atoms with E-state index in [0.29, 0.717) is 18.0 Å². The van der Waals surface area contributed by atoms with Gasteiger partial charge in [0.25, 0.3) is 0 Å². The molecule has 1 N–H and O–H groups in total. The Hall–Kier alpha value is -0.570. The van der Waals surface area contributed by atoms with Crippen molar-refractivity contribution in [3.63, 3.8) is 0 Å². The van der Waals surface area contributed by atoms with E-state index in [1.54, 1.807) is 0 Å². The highest BCUT2D eigenvalue weighted by molar-refractivity contribution is 5.83. The molecule has 0 aromatic carbocycles. The molecule has 0 spiro atoms. The van der Waals surface area contributed by atoms with Crippen LogP contribution in [-0.2, 0) is 4.79 Å². The number of nitrogens with zero attached hydrogens (tertiary/aromatic N) is 1. The van der Waals surface area contributed by atoms with E-state index >= 15 is 0 Å². The monoisotopic (exact) mass is 266 g/mol. The van der Waals surface area contributed by atoms with Crippen LogP contribution in [0, 0.1) is 5.92 Å². The summed E-state index contributed by atoms with van der Waals surface area (Å²) in [4.78, 5) is 14.8. The minimum atomic E-state index is 0.0655. The number of nitrogens with one attached hydrogen (secondary N) is 1. The van der Waals surface area contributed by atoms with E-state index in [4.69, 9.17) is 0 Å². The molecule has 3 unspecified atom stereocenters. The highest BCUT2D eigenvalue weighted by Gasteiger charge is 2.35. The SMILES string of the molecule is CCC1CCCC(N2CCCC(NC(C)C)C2=O)C1. The van der Waals surface area contributed by atoms with Crippen LogP contribution in [0.1, 0.15) is 65.7 Å². The normalized spacial score (nSPS) is 32.9. The zero-order chi connectivity index (χ0) is 13.8. The van der Waals surface area contributed by atoms with Crippen molar-refractivity contribution in [3.05, 3.63) is 0 Å². The molecule has 0 aromatic rings. The molecule has 3 heteroatoms. The summed E-state index contributed by atoms with van der Waals surface area (Å²) in [5.41, 5.74) is 0. The Balaban J connectivity index is 1.96. The van der Waals surface area contributed by atoms with Crippen LogP contribution >= 0.6 is 0 Å². The molecule has 0 bridgehead atoms. The van der Waals surface area contributed by atoms with Crippen LogP contribution in [0.15, 0.2) is 0 Å². The Morgan fingerprint density at radius 1 is 1.26 bits per heavy atom. The Bertz CT molecular complexity index is 303. The van der Waals surface area contributed by atoms with Gasteiger partial charge in [-0.25, -0.2) is 0 Å². The van der Waals surface area contributed by atoms with Gasteiger partial charge in [-0.2, -0.15) is 0 Å². The number of likely N-dealkylation sites (tertiary alicyclic amines) is 1. The van der Waals surface area contributed by atoms with Crippen molar-refractivity contribution in [2.75, 3.05) is 6.54 Å². The highest BCUT2D eigenvalue weighted by atomic mass is 16.2. The van der Waals surface area contributed by atoms with Gasteiger partial charge in [-0.15, -0.1) is 0 Å². The molecule has 3 atom stereocenters. The lowest BCUT2D eigenvalue weighted by Gasteiger charge is -2.42. The number of hydrogen-bond acceptors (Lipinski definition) is 2. The van der Waals surface area contributed by atoms with Crippen molar-refractivity contribution in [1.82, 2.24) is 10.2 Å². The quantitative estimate of drug-likeness (QED) is 0.848. The lowest BCUT2D eigenvalue weighted by molar-refractivity contribution is -0.139. The van der Waals surface area contributed by atoms with Gasteiger partial charge < -0.3 is 10.2 Å². The summed E-state index contributed by atoms with van der Waals surface area (Å²) in [6, 6.07) is 0.974. The van der Waals surface area contributed by atoms with Gasteiger partial charge in [-0.1, -0.05) is 40.0 Å².